The molecule has 148 valence electrons. The molecule has 2 rings (SSSR count). The van der Waals surface area contributed by atoms with Crippen molar-refractivity contribution in [2.24, 2.45) is 18.0 Å². The number of nitrogens with zero attached hydrogens (tertiary/aromatic N) is 4. The Hall–Kier alpha value is -1.63. The monoisotopic (exact) mass is 364 g/mol. The largest absolute Gasteiger partial charge is 0.381 e. The van der Waals surface area contributed by atoms with Crippen molar-refractivity contribution in [3.8, 4) is 0 Å². The van der Waals surface area contributed by atoms with Crippen LogP contribution >= 0.6 is 0 Å². The normalized spacial score (nSPS) is 16.3. The Morgan fingerprint density at radius 2 is 2.04 bits per heavy atom. The Labute approximate surface area is 158 Å². The average molecular weight is 365 g/mol. The van der Waals surface area contributed by atoms with Crippen LogP contribution in [-0.2, 0) is 18.3 Å². The molecule has 1 aliphatic rings. The number of aryl methyl sites for hydroxylation is 1. The maximum atomic E-state index is 5.65. The minimum Gasteiger partial charge on any atom is -0.381 e. The lowest BCUT2D eigenvalue weighted by molar-refractivity contribution is 0.108. The van der Waals surface area contributed by atoms with E-state index in [1.54, 1.807) is 0 Å². The minimum atomic E-state index is 0.522. The number of nitrogens with one attached hydrogen (secondary N) is 2. The molecule has 0 aliphatic heterocycles. The Bertz CT molecular complexity index is 548. The SMILES string of the molecule is Cc1nnc(CN=C(NCCCOCC(C)C)NC2CCCCC2)n1C. The lowest BCUT2D eigenvalue weighted by atomic mass is 9.96. The van der Waals surface area contributed by atoms with Gasteiger partial charge < -0.3 is 19.9 Å². The Morgan fingerprint density at radius 1 is 1.27 bits per heavy atom. The van der Waals surface area contributed by atoms with Gasteiger partial charge in [-0.05, 0) is 32.1 Å². The summed E-state index contributed by atoms with van der Waals surface area (Å²) in [6, 6.07) is 0.522. The van der Waals surface area contributed by atoms with Crippen molar-refractivity contribution < 1.29 is 4.74 Å². The Balaban J connectivity index is 1.83. The van der Waals surface area contributed by atoms with E-state index >= 15 is 0 Å². The van der Waals surface area contributed by atoms with Gasteiger partial charge in [-0.25, -0.2) is 4.99 Å². The second-order valence-corrected chi connectivity index (χ2v) is 7.62. The molecule has 0 radical (unpaired) electrons. The molecule has 2 N–H and O–H groups in total. The molecule has 26 heavy (non-hydrogen) atoms. The van der Waals surface area contributed by atoms with Gasteiger partial charge in [-0.2, -0.15) is 0 Å². The number of rotatable bonds is 9. The fraction of sp³-hybridized carbons (Fsp3) is 0.842. The van der Waals surface area contributed by atoms with Crippen LogP contribution in [0.25, 0.3) is 0 Å². The van der Waals surface area contributed by atoms with E-state index in [0.29, 0.717) is 18.5 Å². The zero-order valence-corrected chi connectivity index (χ0v) is 16.9. The third-order valence-corrected chi connectivity index (χ3v) is 4.72. The Morgan fingerprint density at radius 3 is 2.69 bits per heavy atom. The highest BCUT2D eigenvalue weighted by Gasteiger charge is 2.15. The van der Waals surface area contributed by atoms with Crippen LogP contribution < -0.4 is 10.6 Å². The molecule has 1 aromatic rings. The molecule has 7 nitrogen and oxygen atoms in total. The van der Waals surface area contributed by atoms with Crippen molar-refractivity contribution in [3.63, 3.8) is 0 Å². The standard InChI is InChI=1S/C19H36N6O/c1-15(2)14-26-12-8-11-20-19(22-17-9-6-5-7-10-17)21-13-18-24-23-16(3)25(18)4/h15,17H,5-14H2,1-4H3,(H2,20,21,22). The second-order valence-electron chi connectivity index (χ2n) is 7.62. The molecule has 0 atom stereocenters. The van der Waals surface area contributed by atoms with Gasteiger partial charge in [0.05, 0.1) is 0 Å². The molecular formula is C19H36N6O. The van der Waals surface area contributed by atoms with Gasteiger partial charge in [0.1, 0.15) is 12.4 Å². The van der Waals surface area contributed by atoms with Crippen molar-refractivity contribution in [1.29, 1.82) is 0 Å². The summed E-state index contributed by atoms with van der Waals surface area (Å²) in [5, 5.41) is 15.4. The molecule has 1 fully saturated rings. The topological polar surface area (TPSA) is 76.4 Å². The van der Waals surface area contributed by atoms with Gasteiger partial charge in [0, 0.05) is 32.8 Å². The van der Waals surface area contributed by atoms with E-state index in [1.807, 2.05) is 18.5 Å². The van der Waals surface area contributed by atoms with Crippen LogP contribution in [0.2, 0.25) is 0 Å². The predicted octanol–water partition coefficient (Wildman–Crippen LogP) is 2.55. The van der Waals surface area contributed by atoms with Crippen molar-refractivity contribution in [2.45, 2.75) is 71.9 Å². The molecular weight excluding hydrogens is 328 g/mol. The van der Waals surface area contributed by atoms with Crippen LogP contribution in [0, 0.1) is 12.8 Å². The molecule has 1 heterocycles. The molecule has 0 unspecified atom stereocenters. The first kappa shape index (κ1) is 20.7. The highest BCUT2D eigenvalue weighted by atomic mass is 16.5. The minimum absolute atomic E-state index is 0.522. The summed E-state index contributed by atoms with van der Waals surface area (Å²) >= 11 is 0. The third-order valence-electron chi connectivity index (χ3n) is 4.72. The van der Waals surface area contributed by atoms with E-state index in [1.165, 1.54) is 32.1 Å². The molecule has 7 heteroatoms. The Kier molecular flexibility index (Phi) is 8.88. The maximum Gasteiger partial charge on any atom is 0.191 e. The van der Waals surface area contributed by atoms with Crippen molar-refractivity contribution in [1.82, 2.24) is 25.4 Å². The molecule has 1 saturated carbocycles. The quantitative estimate of drug-likeness (QED) is 0.400. The first-order valence-corrected chi connectivity index (χ1v) is 10.0. The molecule has 0 spiro atoms. The van der Waals surface area contributed by atoms with E-state index in [0.717, 1.165) is 43.8 Å². The average Bonchev–Trinajstić information content (AvgIpc) is 2.95. The van der Waals surface area contributed by atoms with E-state index in [4.69, 9.17) is 9.73 Å². The first-order chi connectivity index (χ1) is 12.6. The number of aliphatic imine (C=N–C) groups is 1. The van der Waals surface area contributed by atoms with E-state index in [-0.39, 0.29) is 0 Å². The third kappa shape index (κ3) is 7.32. The lowest BCUT2D eigenvalue weighted by Crippen LogP contribution is -2.44. The lowest BCUT2D eigenvalue weighted by Gasteiger charge is -2.25. The summed E-state index contributed by atoms with van der Waals surface area (Å²) in [5.74, 6) is 3.25. The molecule has 0 aromatic carbocycles. The zero-order valence-electron chi connectivity index (χ0n) is 16.9. The van der Waals surface area contributed by atoms with Crippen LogP contribution in [0.1, 0.15) is 64.0 Å². The molecule has 1 aliphatic carbocycles. The fourth-order valence-electron chi connectivity index (χ4n) is 3.03. The number of hydrogen-bond donors (Lipinski definition) is 2. The molecule has 1 aromatic heterocycles. The molecule has 0 bridgehead atoms. The highest BCUT2D eigenvalue weighted by molar-refractivity contribution is 5.80. The summed E-state index contributed by atoms with van der Waals surface area (Å²) in [6.45, 7) is 9.29. The van der Waals surface area contributed by atoms with Crippen LogP contribution in [0.4, 0.5) is 0 Å². The van der Waals surface area contributed by atoms with Crippen molar-refractivity contribution in [2.75, 3.05) is 19.8 Å². The highest BCUT2D eigenvalue weighted by Crippen LogP contribution is 2.17. The summed E-state index contributed by atoms with van der Waals surface area (Å²) in [5.41, 5.74) is 0. The van der Waals surface area contributed by atoms with E-state index in [9.17, 15) is 0 Å². The van der Waals surface area contributed by atoms with Gasteiger partial charge >= 0.3 is 0 Å². The van der Waals surface area contributed by atoms with E-state index in [2.05, 4.69) is 34.7 Å². The van der Waals surface area contributed by atoms with Gasteiger partial charge in [-0.3, -0.25) is 0 Å². The number of hydrogen-bond acceptors (Lipinski definition) is 4. The van der Waals surface area contributed by atoms with Gasteiger partial charge in [0.2, 0.25) is 0 Å². The van der Waals surface area contributed by atoms with Crippen molar-refractivity contribution >= 4 is 5.96 Å². The molecule has 0 saturated heterocycles. The summed E-state index contributed by atoms with van der Waals surface area (Å²) in [7, 11) is 1.98. The maximum absolute atomic E-state index is 5.65. The predicted molar refractivity (Wildman–Crippen MR) is 105 cm³/mol. The van der Waals surface area contributed by atoms with Crippen LogP contribution in [0.15, 0.2) is 4.99 Å². The zero-order chi connectivity index (χ0) is 18.8. The summed E-state index contributed by atoms with van der Waals surface area (Å²) < 4.78 is 7.64. The number of ether oxygens (including phenoxy) is 1. The summed E-state index contributed by atoms with van der Waals surface area (Å²) in [6.07, 6.45) is 7.38. The van der Waals surface area contributed by atoms with Crippen molar-refractivity contribution in [3.05, 3.63) is 11.6 Å². The first-order valence-electron chi connectivity index (χ1n) is 10.0. The van der Waals surface area contributed by atoms with Crippen LogP contribution in [0.3, 0.4) is 0 Å². The summed E-state index contributed by atoms with van der Waals surface area (Å²) in [4.78, 5) is 4.74. The van der Waals surface area contributed by atoms with Gasteiger partial charge in [0.15, 0.2) is 11.8 Å². The van der Waals surface area contributed by atoms with Gasteiger partial charge in [-0.1, -0.05) is 33.1 Å². The van der Waals surface area contributed by atoms with Crippen LogP contribution in [-0.4, -0.2) is 46.5 Å². The van der Waals surface area contributed by atoms with Gasteiger partial charge in [0.25, 0.3) is 0 Å². The number of guanidine groups is 1. The fourth-order valence-corrected chi connectivity index (χ4v) is 3.03. The smallest absolute Gasteiger partial charge is 0.191 e. The van der Waals surface area contributed by atoms with E-state index < -0.39 is 0 Å². The molecule has 0 amide bonds. The second kappa shape index (κ2) is 11.2. The number of aromatic nitrogens is 3. The van der Waals surface area contributed by atoms with Crippen LogP contribution in [0.5, 0.6) is 0 Å². The van der Waals surface area contributed by atoms with Gasteiger partial charge in [-0.15, -0.1) is 10.2 Å².